The summed E-state index contributed by atoms with van der Waals surface area (Å²) in [7, 11) is -1.86. The molecule has 0 aliphatic carbocycles. The highest BCUT2D eigenvalue weighted by Crippen LogP contribution is 2.25. The van der Waals surface area contributed by atoms with Gasteiger partial charge in [-0.2, -0.15) is 0 Å². The number of nitrogens with one attached hydrogen (secondary N) is 1. The third kappa shape index (κ3) is 3.92. The predicted octanol–water partition coefficient (Wildman–Crippen LogP) is 0.545. The van der Waals surface area contributed by atoms with Crippen molar-refractivity contribution in [3.8, 4) is 0 Å². The van der Waals surface area contributed by atoms with Gasteiger partial charge in [0.1, 0.15) is 11.4 Å². The van der Waals surface area contributed by atoms with Gasteiger partial charge in [0.2, 0.25) is 10.0 Å². The Kier molecular flexibility index (Phi) is 4.79. The summed E-state index contributed by atoms with van der Waals surface area (Å²) in [5, 5.41) is 9.21. The fraction of sp³-hybridized carbons (Fsp3) is 0.538. The van der Waals surface area contributed by atoms with E-state index in [1.54, 1.807) is 12.3 Å². The van der Waals surface area contributed by atoms with Crippen LogP contribution in [0.2, 0.25) is 0 Å². The van der Waals surface area contributed by atoms with Gasteiger partial charge in [0.15, 0.2) is 0 Å². The normalized spacial score (nSPS) is 19.5. The van der Waals surface area contributed by atoms with E-state index in [4.69, 9.17) is 0 Å². The molecule has 7 nitrogen and oxygen atoms in total. The quantitative estimate of drug-likeness (QED) is 0.823. The van der Waals surface area contributed by atoms with Crippen LogP contribution in [0.3, 0.4) is 0 Å². The van der Waals surface area contributed by atoms with Gasteiger partial charge < -0.3 is 10.0 Å². The lowest BCUT2D eigenvalue weighted by atomic mass is 9.99. The molecule has 2 rings (SSSR count). The van der Waals surface area contributed by atoms with Crippen LogP contribution in [0.1, 0.15) is 23.2 Å². The molecule has 0 aromatic carbocycles. The number of aromatic carboxylic acids is 1. The number of anilines is 1. The molecule has 2 heterocycles. The van der Waals surface area contributed by atoms with Crippen LogP contribution < -0.4 is 9.62 Å². The van der Waals surface area contributed by atoms with Crippen LogP contribution in [-0.4, -0.2) is 50.4 Å². The molecule has 1 fully saturated rings. The molecule has 8 heteroatoms. The highest BCUT2D eigenvalue weighted by atomic mass is 32.2. The molecule has 1 aromatic rings. The fourth-order valence-electron chi connectivity index (χ4n) is 2.60. The zero-order valence-corrected chi connectivity index (χ0v) is 12.6. The maximum Gasteiger partial charge on any atom is 0.339 e. The molecule has 0 bridgehead atoms. The summed E-state index contributed by atoms with van der Waals surface area (Å²) < 4.78 is 25.6. The first-order valence-corrected chi connectivity index (χ1v) is 8.42. The Balaban J connectivity index is 2.17. The monoisotopic (exact) mass is 313 g/mol. The number of hydrogen-bond donors (Lipinski definition) is 2. The van der Waals surface area contributed by atoms with E-state index < -0.39 is 16.0 Å². The molecule has 1 unspecified atom stereocenters. The Labute approximate surface area is 124 Å². The Morgan fingerprint density at radius 3 is 3.00 bits per heavy atom. The summed E-state index contributed by atoms with van der Waals surface area (Å²) >= 11 is 0. The number of carboxylic acid groups (broad SMARTS) is 1. The third-order valence-corrected chi connectivity index (χ3v) is 5.13. The van der Waals surface area contributed by atoms with Gasteiger partial charge in [-0.15, -0.1) is 0 Å². The average Bonchev–Trinajstić information content (AvgIpc) is 2.47. The van der Waals surface area contributed by atoms with Crippen LogP contribution in [0.25, 0.3) is 0 Å². The number of aromatic nitrogens is 1. The van der Waals surface area contributed by atoms with Crippen molar-refractivity contribution in [1.82, 2.24) is 9.71 Å². The smallest absolute Gasteiger partial charge is 0.339 e. The molecular formula is C13H19N3O4S. The van der Waals surface area contributed by atoms with Gasteiger partial charge in [0.25, 0.3) is 0 Å². The maximum atomic E-state index is 11.6. The minimum Gasteiger partial charge on any atom is -0.478 e. The summed E-state index contributed by atoms with van der Waals surface area (Å²) in [4.78, 5) is 17.3. The average molecular weight is 313 g/mol. The standard InChI is InChI=1S/C13H19N3O4S/c1-14-21(19,20)9-10-4-3-7-16(8-10)12-11(13(17)18)5-2-6-15-12/h2,5-6,10,14H,3-4,7-9H2,1H3,(H,17,18). The first-order chi connectivity index (χ1) is 9.93. The van der Waals surface area contributed by atoms with E-state index in [9.17, 15) is 18.3 Å². The zero-order valence-electron chi connectivity index (χ0n) is 11.8. The van der Waals surface area contributed by atoms with Gasteiger partial charge in [-0.3, -0.25) is 0 Å². The largest absolute Gasteiger partial charge is 0.478 e. The van der Waals surface area contributed by atoms with Crippen molar-refractivity contribution in [2.24, 2.45) is 5.92 Å². The fourth-order valence-corrected chi connectivity index (χ4v) is 3.66. The topological polar surface area (TPSA) is 99.6 Å². The van der Waals surface area contributed by atoms with Crippen LogP contribution in [-0.2, 0) is 10.0 Å². The maximum absolute atomic E-state index is 11.6. The van der Waals surface area contributed by atoms with Crippen LogP contribution in [0.5, 0.6) is 0 Å². The molecule has 1 aliphatic rings. The van der Waals surface area contributed by atoms with Crippen LogP contribution in [0.4, 0.5) is 5.82 Å². The summed E-state index contributed by atoms with van der Waals surface area (Å²) in [5.41, 5.74) is 0.148. The molecule has 0 amide bonds. The van der Waals surface area contributed by atoms with Crippen LogP contribution in [0, 0.1) is 5.92 Å². The van der Waals surface area contributed by atoms with E-state index in [0.29, 0.717) is 18.9 Å². The summed E-state index contributed by atoms with van der Waals surface area (Å²) in [6.07, 6.45) is 3.18. The van der Waals surface area contributed by atoms with E-state index in [1.165, 1.54) is 13.1 Å². The molecule has 1 aliphatic heterocycles. The second kappa shape index (κ2) is 6.40. The van der Waals surface area contributed by atoms with E-state index in [2.05, 4.69) is 9.71 Å². The SMILES string of the molecule is CNS(=O)(=O)CC1CCCN(c2ncccc2C(=O)O)C1. The van der Waals surface area contributed by atoms with Gasteiger partial charge in [0.05, 0.1) is 5.75 Å². The first kappa shape index (κ1) is 15.7. The van der Waals surface area contributed by atoms with Gasteiger partial charge in [-0.25, -0.2) is 22.9 Å². The molecular weight excluding hydrogens is 294 g/mol. The minimum atomic E-state index is -3.26. The number of carbonyl (C=O) groups is 1. The van der Waals surface area contributed by atoms with Crippen LogP contribution >= 0.6 is 0 Å². The Hall–Kier alpha value is -1.67. The molecule has 0 saturated carbocycles. The van der Waals surface area contributed by atoms with E-state index >= 15 is 0 Å². The van der Waals surface area contributed by atoms with E-state index in [0.717, 1.165) is 12.8 Å². The molecule has 0 spiro atoms. The molecule has 2 N–H and O–H groups in total. The number of pyridine rings is 1. The van der Waals surface area contributed by atoms with Crippen molar-refractivity contribution >= 4 is 21.8 Å². The summed E-state index contributed by atoms with van der Waals surface area (Å²) in [6.45, 7) is 1.19. The zero-order chi connectivity index (χ0) is 15.5. The molecule has 21 heavy (non-hydrogen) atoms. The molecule has 1 atom stereocenters. The van der Waals surface area contributed by atoms with Gasteiger partial charge in [-0.05, 0) is 37.9 Å². The first-order valence-electron chi connectivity index (χ1n) is 6.77. The lowest BCUT2D eigenvalue weighted by molar-refractivity contribution is 0.0697. The van der Waals surface area contributed by atoms with Gasteiger partial charge >= 0.3 is 5.97 Å². The Morgan fingerprint density at radius 2 is 2.33 bits per heavy atom. The summed E-state index contributed by atoms with van der Waals surface area (Å²) in [6, 6.07) is 3.10. The second-order valence-electron chi connectivity index (χ2n) is 5.12. The number of nitrogens with zero attached hydrogens (tertiary/aromatic N) is 2. The number of carboxylic acids is 1. The van der Waals surface area contributed by atoms with Crippen molar-refractivity contribution in [3.05, 3.63) is 23.9 Å². The van der Waals surface area contributed by atoms with Crippen LogP contribution in [0.15, 0.2) is 18.3 Å². The predicted molar refractivity (Wildman–Crippen MR) is 79.0 cm³/mol. The second-order valence-corrected chi connectivity index (χ2v) is 7.09. The van der Waals surface area contributed by atoms with Crippen molar-refractivity contribution in [2.75, 3.05) is 30.8 Å². The minimum absolute atomic E-state index is 0.0279. The molecule has 116 valence electrons. The van der Waals surface area contributed by atoms with Crippen molar-refractivity contribution in [2.45, 2.75) is 12.8 Å². The number of sulfonamides is 1. The van der Waals surface area contributed by atoms with E-state index in [-0.39, 0.29) is 17.2 Å². The summed E-state index contributed by atoms with van der Waals surface area (Å²) in [5.74, 6) is -0.589. The van der Waals surface area contributed by atoms with Crippen molar-refractivity contribution in [1.29, 1.82) is 0 Å². The third-order valence-electron chi connectivity index (χ3n) is 3.60. The highest BCUT2D eigenvalue weighted by Gasteiger charge is 2.27. The van der Waals surface area contributed by atoms with Crippen molar-refractivity contribution in [3.63, 3.8) is 0 Å². The van der Waals surface area contributed by atoms with E-state index in [1.807, 2.05) is 4.90 Å². The highest BCUT2D eigenvalue weighted by molar-refractivity contribution is 7.89. The Morgan fingerprint density at radius 1 is 1.57 bits per heavy atom. The molecule has 1 saturated heterocycles. The van der Waals surface area contributed by atoms with Gasteiger partial charge in [-0.1, -0.05) is 0 Å². The number of piperidine rings is 1. The Bertz CT molecular complexity index is 618. The van der Waals surface area contributed by atoms with Crippen molar-refractivity contribution < 1.29 is 18.3 Å². The van der Waals surface area contributed by atoms with Gasteiger partial charge in [0, 0.05) is 19.3 Å². The molecule has 0 radical (unpaired) electrons. The lowest BCUT2D eigenvalue weighted by Crippen LogP contribution is -2.40. The molecule has 1 aromatic heterocycles. The number of hydrogen-bond acceptors (Lipinski definition) is 5. The number of rotatable bonds is 5. The lowest BCUT2D eigenvalue weighted by Gasteiger charge is -2.34.